The van der Waals surface area contributed by atoms with Crippen LogP contribution in [0, 0.1) is 5.41 Å². The summed E-state index contributed by atoms with van der Waals surface area (Å²) in [7, 11) is -2.10. The Hall–Kier alpha value is -3.77. The lowest BCUT2D eigenvalue weighted by Gasteiger charge is -2.20. The SMILES string of the molecule is COc1cccc(C(=O)Oc2ccc(/C=C3\C(=N)N4N=C(S(C)(=O)=O)SC4=NC3=O)cc2)c1. The van der Waals surface area contributed by atoms with Crippen LogP contribution in [-0.2, 0) is 14.6 Å². The van der Waals surface area contributed by atoms with Crippen LogP contribution in [0.15, 0.2) is 64.2 Å². The minimum Gasteiger partial charge on any atom is -0.497 e. The molecular formula is C21H16N4O6S2. The zero-order valence-corrected chi connectivity index (χ0v) is 18.9. The normalized spacial score (nSPS) is 16.9. The molecule has 0 fully saturated rings. The Morgan fingerprint density at radius 1 is 1.15 bits per heavy atom. The van der Waals surface area contributed by atoms with E-state index in [1.54, 1.807) is 48.5 Å². The predicted molar refractivity (Wildman–Crippen MR) is 124 cm³/mol. The number of aliphatic imine (C=N–C) groups is 1. The van der Waals surface area contributed by atoms with Gasteiger partial charge in [0.1, 0.15) is 11.5 Å². The van der Waals surface area contributed by atoms with Gasteiger partial charge in [-0.2, -0.15) is 10.0 Å². The van der Waals surface area contributed by atoms with Crippen molar-refractivity contribution in [1.29, 1.82) is 5.41 Å². The molecule has 0 saturated heterocycles. The molecule has 2 heterocycles. The van der Waals surface area contributed by atoms with Crippen molar-refractivity contribution in [3.8, 4) is 11.5 Å². The van der Waals surface area contributed by atoms with Crippen molar-refractivity contribution < 1.29 is 27.5 Å². The van der Waals surface area contributed by atoms with E-state index in [0.29, 0.717) is 16.9 Å². The van der Waals surface area contributed by atoms with Gasteiger partial charge in [0.25, 0.3) is 5.91 Å². The molecule has 0 atom stereocenters. The number of benzene rings is 2. The van der Waals surface area contributed by atoms with E-state index >= 15 is 0 Å². The second kappa shape index (κ2) is 8.64. The zero-order valence-electron chi connectivity index (χ0n) is 17.3. The molecule has 0 saturated carbocycles. The fourth-order valence-corrected chi connectivity index (χ4v) is 4.52. The molecule has 168 valence electrons. The summed E-state index contributed by atoms with van der Waals surface area (Å²) >= 11 is 0.718. The highest BCUT2D eigenvalue weighted by Crippen LogP contribution is 2.30. The number of hydrogen-bond donors (Lipinski definition) is 1. The Kier molecular flexibility index (Phi) is 5.87. The summed E-state index contributed by atoms with van der Waals surface area (Å²) in [5.41, 5.74) is 0.814. The van der Waals surface area contributed by atoms with E-state index in [-0.39, 0.29) is 26.7 Å². The Labute approximate surface area is 193 Å². The van der Waals surface area contributed by atoms with E-state index in [1.807, 2.05) is 0 Å². The van der Waals surface area contributed by atoms with Crippen molar-refractivity contribution >= 4 is 54.9 Å². The molecule has 33 heavy (non-hydrogen) atoms. The lowest BCUT2D eigenvalue weighted by Crippen LogP contribution is -2.35. The van der Waals surface area contributed by atoms with Crippen molar-refractivity contribution in [2.45, 2.75) is 0 Å². The molecular weight excluding hydrogens is 468 g/mol. The molecule has 12 heteroatoms. The smallest absolute Gasteiger partial charge is 0.343 e. The predicted octanol–water partition coefficient (Wildman–Crippen LogP) is 2.54. The van der Waals surface area contributed by atoms with Gasteiger partial charge in [-0.1, -0.05) is 18.2 Å². The third-order valence-electron chi connectivity index (χ3n) is 4.46. The maximum Gasteiger partial charge on any atom is 0.343 e. The van der Waals surface area contributed by atoms with E-state index in [0.717, 1.165) is 23.0 Å². The highest BCUT2D eigenvalue weighted by Gasteiger charge is 2.38. The molecule has 4 rings (SSSR count). The summed E-state index contributed by atoms with van der Waals surface area (Å²) in [6.45, 7) is 0. The monoisotopic (exact) mass is 484 g/mol. The first kappa shape index (κ1) is 22.4. The van der Waals surface area contributed by atoms with Gasteiger partial charge in [-0.25, -0.2) is 13.2 Å². The maximum absolute atomic E-state index is 12.4. The molecule has 0 bridgehead atoms. The minimum absolute atomic E-state index is 0.0161. The summed E-state index contributed by atoms with van der Waals surface area (Å²) in [6.07, 6.45) is 2.42. The summed E-state index contributed by atoms with van der Waals surface area (Å²) < 4.78 is 33.7. The molecule has 0 aliphatic carbocycles. The minimum atomic E-state index is -3.60. The van der Waals surface area contributed by atoms with E-state index in [2.05, 4.69) is 10.1 Å². The Bertz CT molecular complexity index is 1380. The third-order valence-corrected chi connectivity index (χ3v) is 7.04. The largest absolute Gasteiger partial charge is 0.497 e. The number of amidine groups is 2. The van der Waals surface area contributed by atoms with Crippen LogP contribution in [0.25, 0.3) is 6.08 Å². The van der Waals surface area contributed by atoms with Gasteiger partial charge in [-0.3, -0.25) is 10.2 Å². The molecule has 10 nitrogen and oxygen atoms in total. The lowest BCUT2D eigenvalue weighted by atomic mass is 10.1. The standard InChI is InChI=1S/C21H16N4O6S2/c1-30-15-5-3-4-13(11-15)19(27)31-14-8-6-12(7-9-14)10-16-17(22)25-20(23-18(16)26)32-21(24-25)33(2,28)29/h3-11,22H,1-2H3/b16-10+,22-17?. The molecule has 0 spiro atoms. The van der Waals surface area contributed by atoms with Crippen molar-refractivity contribution in [2.24, 2.45) is 10.1 Å². The average Bonchev–Trinajstić information content (AvgIpc) is 3.22. The van der Waals surface area contributed by atoms with Crippen molar-refractivity contribution in [1.82, 2.24) is 5.01 Å². The second-order valence-electron chi connectivity index (χ2n) is 6.85. The fraction of sp³-hybridized carbons (Fsp3) is 0.0952. The number of nitrogens with one attached hydrogen (secondary N) is 1. The van der Waals surface area contributed by atoms with E-state index < -0.39 is 21.7 Å². The molecule has 1 N–H and O–H groups in total. The first-order valence-corrected chi connectivity index (χ1v) is 12.0. The Morgan fingerprint density at radius 3 is 2.55 bits per heavy atom. The van der Waals surface area contributed by atoms with Gasteiger partial charge in [0, 0.05) is 6.26 Å². The van der Waals surface area contributed by atoms with Crippen molar-refractivity contribution in [3.63, 3.8) is 0 Å². The van der Waals surface area contributed by atoms with Crippen LogP contribution < -0.4 is 9.47 Å². The molecule has 0 radical (unpaired) electrons. The average molecular weight is 485 g/mol. The number of ether oxygens (including phenoxy) is 2. The number of hydrogen-bond acceptors (Lipinski definition) is 9. The highest BCUT2D eigenvalue weighted by atomic mass is 32.3. The van der Waals surface area contributed by atoms with Gasteiger partial charge in [0.15, 0.2) is 5.84 Å². The summed E-state index contributed by atoms with van der Waals surface area (Å²) in [5, 5.41) is 13.2. The summed E-state index contributed by atoms with van der Waals surface area (Å²) in [6, 6.07) is 12.8. The fourth-order valence-electron chi connectivity index (χ4n) is 2.84. The molecule has 2 aliphatic rings. The highest BCUT2D eigenvalue weighted by molar-refractivity contribution is 8.42. The number of hydrazone groups is 1. The third kappa shape index (κ3) is 4.71. The van der Waals surface area contributed by atoms with Crippen molar-refractivity contribution in [2.75, 3.05) is 13.4 Å². The van der Waals surface area contributed by atoms with Crippen LogP contribution >= 0.6 is 11.8 Å². The number of rotatable bonds is 4. The van der Waals surface area contributed by atoms with E-state index in [9.17, 15) is 18.0 Å². The number of fused-ring (bicyclic) bond motifs is 1. The maximum atomic E-state index is 12.4. The Balaban J connectivity index is 1.52. The molecule has 2 aromatic rings. The number of carbonyl (C=O) groups excluding carboxylic acids is 2. The van der Waals surface area contributed by atoms with Crippen LogP contribution in [0.2, 0.25) is 0 Å². The zero-order chi connectivity index (χ0) is 23.8. The quantitative estimate of drug-likeness (QED) is 0.397. The lowest BCUT2D eigenvalue weighted by molar-refractivity contribution is -0.114. The number of methoxy groups -OCH3 is 1. The van der Waals surface area contributed by atoms with Crippen LogP contribution in [0.4, 0.5) is 0 Å². The number of amides is 1. The molecule has 0 aromatic heterocycles. The van der Waals surface area contributed by atoms with E-state index in [4.69, 9.17) is 14.9 Å². The molecule has 1 amide bonds. The molecule has 2 aromatic carbocycles. The van der Waals surface area contributed by atoms with Gasteiger partial charge < -0.3 is 9.47 Å². The van der Waals surface area contributed by atoms with Crippen LogP contribution in [0.5, 0.6) is 11.5 Å². The van der Waals surface area contributed by atoms with Gasteiger partial charge in [-0.15, -0.1) is 5.10 Å². The number of sulfone groups is 1. The molecule has 0 unspecified atom stereocenters. The summed E-state index contributed by atoms with van der Waals surface area (Å²) in [4.78, 5) is 28.6. The second-order valence-corrected chi connectivity index (χ2v) is 9.99. The number of nitrogens with zero attached hydrogens (tertiary/aromatic N) is 3. The summed E-state index contributed by atoms with van der Waals surface area (Å²) in [5.74, 6) is -0.714. The van der Waals surface area contributed by atoms with Crippen molar-refractivity contribution in [3.05, 3.63) is 65.2 Å². The van der Waals surface area contributed by atoms with Gasteiger partial charge in [-0.05, 0) is 53.7 Å². The topological polar surface area (TPSA) is 139 Å². The Morgan fingerprint density at radius 2 is 1.88 bits per heavy atom. The number of carbonyl (C=O) groups is 2. The first-order chi connectivity index (χ1) is 15.7. The number of esters is 1. The van der Waals surface area contributed by atoms with Crippen LogP contribution in [0.3, 0.4) is 0 Å². The van der Waals surface area contributed by atoms with Gasteiger partial charge >= 0.3 is 5.97 Å². The molecule has 2 aliphatic heterocycles. The van der Waals surface area contributed by atoms with Gasteiger partial charge in [0.2, 0.25) is 19.4 Å². The first-order valence-electron chi connectivity index (χ1n) is 9.32. The van der Waals surface area contributed by atoms with Gasteiger partial charge in [0.05, 0.1) is 18.2 Å². The van der Waals surface area contributed by atoms with Crippen LogP contribution in [-0.4, -0.2) is 54.0 Å². The van der Waals surface area contributed by atoms with Crippen LogP contribution in [0.1, 0.15) is 15.9 Å². The van der Waals surface area contributed by atoms with E-state index in [1.165, 1.54) is 13.2 Å². The number of thioether (sulfide) groups is 1.